The van der Waals surface area contributed by atoms with Gasteiger partial charge in [0.15, 0.2) is 0 Å². The van der Waals surface area contributed by atoms with E-state index >= 15 is 0 Å². The maximum Gasteiger partial charge on any atom is 0.0546 e. The first kappa shape index (κ1) is 39.4. The van der Waals surface area contributed by atoms with E-state index in [1.165, 1.54) is 178 Å². The standard InChI is InChI=1S/C61H61NS/c1-61(2)58-48(42-19-8-4-9-20-42)25-14-27-51(58)52-28-16-30-54(59(52)61)57-47-24-13-12-23-44(47)33-38-55(57)62(45-34-31-41(32-35-45)40-17-6-3-7-18-40)46-36-37-50-53-29-15-26-49(43-21-10-5-11-22-43)60(53)63-56(50)39-46/h12-16,23-40,42-43H,3-11,17-22H2,1-2H3. The second-order valence-electron chi connectivity index (χ2n) is 20.2. The minimum atomic E-state index is -0.151. The van der Waals surface area contributed by atoms with Crippen LogP contribution in [0.3, 0.4) is 0 Å². The Balaban J connectivity index is 1.07. The molecule has 1 nitrogen and oxygen atoms in total. The number of thiophene rings is 1. The molecular weight excluding hydrogens is 779 g/mol. The minimum Gasteiger partial charge on any atom is -0.310 e. The average Bonchev–Trinajstić information content (AvgIpc) is 3.84. The van der Waals surface area contributed by atoms with E-state index in [9.17, 15) is 0 Å². The fraction of sp³-hybridized carbons (Fsp3) is 0.344. The molecule has 0 bridgehead atoms. The van der Waals surface area contributed by atoms with Gasteiger partial charge in [0, 0.05) is 42.5 Å². The van der Waals surface area contributed by atoms with Crippen molar-refractivity contribution in [3.8, 4) is 22.3 Å². The van der Waals surface area contributed by atoms with Crippen molar-refractivity contribution in [1.29, 1.82) is 0 Å². The van der Waals surface area contributed by atoms with Crippen LogP contribution in [0.1, 0.15) is 156 Å². The summed E-state index contributed by atoms with van der Waals surface area (Å²) in [7, 11) is 0. The molecule has 0 atom stereocenters. The highest BCUT2D eigenvalue weighted by molar-refractivity contribution is 7.26. The lowest BCUT2D eigenvalue weighted by molar-refractivity contribution is 0.438. The van der Waals surface area contributed by atoms with Crippen LogP contribution in [0.2, 0.25) is 0 Å². The van der Waals surface area contributed by atoms with Crippen molar-refractivity contribution in [1.82, 2.24) is 0 Å². The summed E-state index contributed by atoms with van der Waals surface area (Å²) in [5.41, 5.74) is 16.8. The fourth-order valence-corrected chi connectivity index (χ4v) is 14.5. The van der Waals surface area contributed by atoms with Crippen molar-refractivity contribution in [2.75, 3.05) is 4.90 Å². The lowest BCUT2D eigenvalue weighted by Crippen LogP contribution is -2.21. The molecule has 4 aliphatic carbocycles. The maximum absolute atomic E-state index is 2.61. The predicted molar refractivity (Wildman–Crippen MR) is 272 cm³/mol. The molecule has 1 heterocycles. The van der Waals surface area contributed by atoms with Gasteiger partial charge in [-0.25, -0.2) is 0 Å². The van der Waals surface area contributed by atoms with Crippen LogP contribution >= 0.6 is 11.3 Å². The zero-order chi connectivity index (χ0) is 42.1. The molecule has 0 N–H and O–H groups in total. The van der Waals surface area contributed by atoms with Gasteiger partial charge in [0.05, 0.1) is 5.69 Å². The molecule has 3 saturated carbocycles. The molecule has 0 radical (unpaired) electrons. The highest BCUT2D eigenvalue weighted by Gasteiger charge is 2.41. The Kier molecular flexibility index (Phi) is 10.1. The van der Waals surface area contributed by atoms with Gasteiger partial charge < -0.3 is 4.90 Å². The minimum absolute atomic E-state index is 0.151. The summed E-state index contributed by atoms with van der Waals surface area (Å²) < 4.78 is 2.88. The molecule has 3 fully saturated rings. The van der Waals surface area contributed by atoms with E-state index in [4.69, 9.17) is 0 Å². The number of hydrogen-bond donors (Lipinski definition) is 0. The molecule has 1 aromatic heterocycles. The van der Waals surface area contributed by atoms with Gasteiger partial charge in [-0.1, -0.05) is 175 Å². The number of hydrogen-bond acceptors (Lipinski definition) is 2. The molecular formula is C61H61NS. The van der Waals surface area contributed by atoms with E-state index in [1.807, 2.05) is 11.3 Å². The second-order valence-corrected chi connectivity index (χ2v) is 21.3. The van der Waals surface area contributed by atoms with E-state index in [1.54, 1.807) is 16.7 Å². The van der Waals surface area contributed by atoms with E-state index in [2.05, 4.69) is 152 Å². The number of anilines is 3. The number of nitrogens with zero attached hydrogens (tertiary/aromatic N) is 1. The van der Waals surface area contributed by atoms with Gasteiger partial charge in [0.1, 0.15) is 0 Å². The van der Waals surface area contributed by atoms with Gasteiger partial charge in [-0.05, 0) is 142 Å². The number of fused-ring (bicyclic) bond motifs is 7. The summed E-state index contributed by atoms with van der Waals surface area (Å²) >= 11 is 2.02. The molecule has 0 spiro atoms. The van der Waals surface area contributed by atoms with Crippen LogP contribution in [0.5, 0.6) is 0 Å². The SMILES string of the molecule is CC1(C)c2c(cccc2-c2c(N(c3ccc(C4CCCCC4)cc3)c3ccc4c(c3)sc3c(C5CCCCC5)cccc34)ccc3ccccc23)-c2cccc(C3CCCCC3)c21. The Morgan fingerprint density at radius 2 is 1.05 bits per heavy atom. The fourth-order valence-electron chi connectivity index (χ4n) is 13.2. The van der Waals surface area contributed by atoms with E-state index in [-0.39, 0.29) is 5.41 Å². The average molecular weight is 840 g/mol. The largest absolute Gasteiger partial charge is 0.310 e. The molecule has 63 heavy (non-hydrogen) atoms. The highest BCUT2D eigenvalue weighted by atomic mass is 32.1. The topological polar surface area (TPSA) is 3.24 Å². The molecule has 0 unspecified atom stereocenters. The molecule has 0 aliphatic heterocycles. The Labute approximate surface area is 379 Å². The van der Waals surface area contributed by atoms with Gasteiger partial charge in [-0.2, -0.15) is 0 Å². The molecule has 316 valence electrons. The predicted octanol–water partition coefficient (Wildman–Crippen LogP) is 18.8. The normalized spacial score (nSPS) is 18.3. The van der Waals surface area contributed by atoms with Crippen molar-refractivity contribution in [3.05, 3.63) is 161 Å². The van der Waals surface area contributed by atoms with Gasteiger partial charge in [-0.3, -0.25) is 0 Å². The first-order chi connectivity index (χ1) is 31.0. The van der Waals surface area contributed by atoms with Gasteiger partial charge in [0.2, 0.25) is 0 Å². The van der Waals surface area contributed by atoms with Crippen molar-refractivity contribution in [3.63, 3.8) is 0 Å². The Bertz CT molecular complexity index is 2980. The van der Waals surface area contributed by atoms with Crippen molar-refractivity contribution >= 4 is 59.3 Å². The lowest BCUT2D eigenvalue weighted by Gasteiger charge is -2.33. The molecule has 8 aromatic rings. The third kappa shape index (κ3) is 6.69. The number of benzene rings is 7. The third-order valence-electron chi connectivity index (χ3n) is 16.2. The van der Waals surface area contributed by atoms with Crippen molar-refractivity contribution < 1.29 is 0 Å². The van der Waals surface area contributed by atoms with Crippen molar-refractivity contribution in [2.45, 2.75) is 133 Å². The summed E-state index contributed by atoms with van der Waals surface area (Å²) in [5, 5.41) is 5.41. The Hall–Kier alpha value is -5.18. The molecule has 7 aromatic carbocycles. The van der Waals surface area contributed by atoms with Crippen LogP contribution in [0, 0.1) is 0 Å². The number of rotatable bonds is 7. The highest BCUT2D eigenvalue weighted by Crippen LogP contribution is 2.58. The van der Waals surface area contributed by atoms with Gasteiger partial charge >= 0.3 is 0 Å². The summed E-state index contributed by atoms with van der Waals surface area (Å²) in [4.78, 5) is 2.61. The van der Waals surface area contributed by atoms with E-state index in [0.29, 0.717) is 17.8 Å². The maximum atomic E-state index is 2.61. The summed E-state index contributed by atoms with van der Waals surface area (Å²) in [5.74, 6) is 1.99. The van der Waals surface area contributed by atoms with Crippen molar-refractivity contribution in [2.24, 2.45) is 0 Å². The molecule has 0 amide bonds. The molecule has 12 rings (SSSR count). The van der Waals surface area contributed by atoms with E-state index < -0.39 is 0 Å². The van der Waals surface area contributed by atoms with Crippen LogP contribution in [0.4, 0.5) is 17.1 Å². The first-order valence-electron chi connectivity index (χ1n) is 24.7. The molecule has 0 saturated heterocycles. The van der Waals surface area contributed by atoms with Gasteiger partial charge in [0.25, 0.3) is 0 Å². The zero-order valence-electron chi connectivity index (χ0n) is 37.4. The van der Waals surface area contributed by atoms with E-state index in [0.717, 1.165) is 0 Å². The lowest BCUT2D eigenvalue weighted by atomic mass is 9.73. The zero-order valence-corrected chi connectivity index (χ0v) is 38.2. The third-order valence-corrected chi connectivity index (χ3v) is 17.4. The smallest absolute Gasteiger partial charge is 0.0546 e. The second kappa shape index (κ2) is 16.1. The molecule has 2 heteroatoms. The van der Waals surface area contributed by atoms with Crippen LogP contribution < -0.4 is 4.90 Å². The van der Waals surface area contributed by atoms with Crippen LogP contribution in [-0.4, -0.2) is 0 Å². The monoisotopic (exact) mass is 839 g/mol. The summed E-state index contributed by atoms with van der Waals surface area (Å²) in [6.45, 7) is 5.05. The van der Waals surface area contributed by atoms with Gasteiger partial charge in [-0.15, -0.1) is 11.3 Å². The quantitative estimate of drug-likeness (QED) is 0.155. The first-order valence-corrected chi connectivity index (χ1v) is 25.5. The Morgan fingerprint density at radius 1 is 0.460 bits per heavy atom. The van der Waals surface area contributed by atoms with Crippen LogP contribution in [0.25, 0.3) is 53.2 Å². The summed E-state index contributed by atoms with van der Waals surface area (Å²) in [6.07, 6.45) is 20.1. The summed E-state index contributed by atoms with van der Waals surface area (Å²) in [6, 6.07) is 52.7. The molecule has 4 aliphatic rings. The Morgan fingerprint density at radius 3 is 1.79 bits per heavy atom. The van der Waals surface area contributed by atoms with Crippen LogP contribution in [-0.2, 0) is 5.41 Å². The van der Waals surface area contributed by atoms with Crippen LogP contribution in [0.15, 0.2) is 133 Å².